The van der Waals surface area contributed by atoms with Gasteiger partial charge < -0.3 is 20.6 Å². The number of carbonyl (C=O) groups is 1. The number of halogens is 3. The van der Waals surface area contributed by atoms with Crippen LogP contribution in [0.2, 0.25) is 0 Å². The Bertz CT molecular complexity index is 641. The maximum absolute atomic E-state index is 12.8. The van der Waals surface area contributed by atoms with E-state index in [9.17, 15) is 33.3 Å². The summed E-state index contributed by atoms with van der Waals surface area (Å²) in [4.78, 5) is 13.4. The van der Waals surface area contributed by atoms with Gasteiger partial charge in [-0.05, 0) is 31.0 Å². The van der Waals surface area contributed by atoms with Crippen molar-refractivity contribution < 1.29 is 33.3 Å². The first-order valence-corrected chi connectivity index (χ1v) is 8.78. The number of carbonyl (C=O) groups excluding carboxylic acids is 1. The smallest absolute Gasteiger partial charge is 0.395 e. The van der Waals surface area contributed by atoms with E-state index >= 15 is 0 Å². The molecule has 9 heteroatoms. The van der Waals surface area contributed by atoms with Gasteiger partial charge in [-0.25, -0.2) is 0 Å². The van der Waals surface area contributed by atoms with Crippen LogP contribution < -0.4 is 5.32 Å². The average Bonchev–Trinajstić information content (AvgIpc) is 2.85. The summed E-state index contributed by atoms with van der Waals surface area (Å²) in [6, 6.07) is 3.67. The predicted octanol–water partition coefficient (Wildman–Crippen LogP) is 0.541. The Balaban J connectivity index is 2.04. The molecule has 0 bridgehead atoms. The summed E-state index contributed by atoms with van der Waals surface area (Å²) in [5.41, 5.74) is -0.189. The molecular weight excluding hydrogens is 365 g/mol. The van der Waals surface area contributed by atoms with Gasteiger partial charge in [-0.3, -0.25) is 9.69 Å². The lowest BCUT2D eigenvalue weighted by molar-refractivity contribution is -0.137. The zero-order valence-corrected chi connectivity index (χ0v) is 15.0. The van der Waals surface area contributed by atoms with Gasteiger partial charge in [0.25, 0.3) is 0 Å². The fraction of sp³-hybridized carbons (Fsp3) is 0.611. The minimum absolute atomic E-state index is 0.0468. The molecule has 2 rings (SSSR count). The number of hydrogen-bond acceptors (Lipinski definition) is 5. The highest BCUT2D eigenvalue weighted by atomic mass is 19.4. The van der Waals surface area contributed by atoms with Crippen molar-refractivity contribution in [1.29, 1.82) is 0 Å². The van der Waals surface area contributed by atoms with Crippen molar-refractivity contribution in [3.05, 3.63) is 35.4 Å². The summed E-state index contributed by atoms with van der Waals surface area (Å²) in [5.74, 6) is -0.312. The zero-order chi connectivity index (χ0) is 20.2. The monoisotopic (exact) mass is 390 g/mol. The van der Waals surface area contributed by atoms with Gasteiger partial charge >= 0.3 is 6.18 Å². The van der Waals surface area contributed by atoms with Gasteiger partial charge in [-0.15, -0.1) is 0 Å². The van der Waals surface area contributed by atoms with Crippen molar-refractivity contribution in [1.82, 2.24) is 10.2 Å². The third kappa shape index (κ3) is 5.19. The maximum Gasteiger partial charge on any atom is 0.416 e. The van der Waals surface area contributed by atoms with Gasteiger partial charge in [0.2, 0.25) is 5.91 Å². The summed E-state index contributed by atoms with van der Waals surface area (Å²) in [7, 11) is 1.46. The first kappa shape index (κ1) is 21.6. The second-order valence-electron chi connectivity index (χ2n) is 6.72. The highest BCUT2D eigenvalue weighted by Gasteiger charge is 2.47. The second-order valence-corrected chi connectivity index (χ2v) is 6.72. The quantitative estimate of drug-likeness (QED) is 0.546. The van der Waals surface area contributed by atoms with Crippen molar-refractivity contribution in [3.63, 3.8) is 0 Å². The van der Waals surface area contributed by atoms with Crippen molar-refractivity contribution in [2.45, 2.75) is 49.7 Å². The number of rotatable bonds is 7. The highest BCUT2D eigenvalue weighted by Crippen LogP contribution is 2.30. The van der Waals surface area contributed by atoms with Crippen molar-refractivity contribution in [2.24, 2.45) is 0 Å². The summed E-state index contributed by atoms with van der Waals surface area (Å²) < 4.78 is 38.4. The molecule has 1 aliphatic rings. The van der Waals surface area contributed by atoms with Crippen LogP contribution in [0.3, 0.4) is 0 Å². The highest BCUT2D eigenvalue weighted by molar-refractivity contribution is 5.76. The first-order valence-electron chi connectivity index (χ1n) is 8.78. The van der Waals surface area contributed by atoms with Crippen LogP contribution in [0.15, 0.2) is 24.3 Å². The largest absolute Gasteiger partial charge is 0.416 e. The molecule has 4 N–H and O–H groups in total. The molecule has 0 spiro atoms. The van der Waals surface area contributed by atoms with Crippen molar-refractivity contribution >= 4 is 5.91 Å². The van der Waals surface area contributed by atoms with E-state index in [2.05, 4.69) is 5.32 Å². The Morgan fingerprint density at radius 1 is 1.22 bits per heavy atom. The summed E-state index contributed by atoms with van der Waals surface area (Å²) in [6.45, 7) is -0.0801. The number of benzene rings is 1. The van der Waals surface area contributed by atoms with E-state index in [4.69, 9.17) is 0 Å². The molecule has 1 saturated heterocycles. The summed E-state index contributed by atoms with van der Waals surface area (Å²) in [6.07, 6.45) is -6.03. The molecule has 152 valence electrons. The minimum atomic E-state index is -4.40. The molecular formula is C18H25F3N2O4. The SMILES string of the molecule is CNC(=O)C[C@@H]1[C@H](O)[C@H](O)[C@@H](CO)N1CCCc1cccc(C(F)(F)F)c1. The van der Waals surface area contributed by atoms with E-state index in [0.29, 0.717) is 24.9 Å². The van der Waals surface area contributed by atoms with Gasteiger partial charge in [0, 0.05) is 19.5 Å². The van der Waals surface area contributed by atoms with Crippen LogP contribution in [0.4, 0.5) is 13.2 Å². The van der Waals surface area contributed by atoms with Crippen LogP contribution in [0.5, 0.6) is 0 Å². The number of aliphatic hydroxyl groups excluding tert-OH is 3. The molecule has 1 aromatic rings. The fourth-order valence-corrected chi connectivity index (χ4v) is 3.54. The Morgan fingerprint density at radius 2 is 1.89 bits per heavy atom. The molecule has 1 heterocycles. The molecule has 1 aliphatic heterocycles. The van der Waals surface area contributed by atoms with Gasteiger partial charge in [-0.1, -0.05) is 18.2 Å². The van der Waals surface area contributed by atoms with E-state index in [0.717, 1.165) is 12.1 Å². The second kappa shape index (κ2) is 9.01. The summed E-state index contributed by atoms with van der Waals surface area (Å²) in [5, 5.41) is 32.3. The molecule has 1 aromatic carbocycles. The Labute approximate surface area is 155 Å². The first-order chi connectivity index (χ1) is 12.7. The van der Waals surface area contributed by atoms with Gasteiger partial charge in [0.1, 0.15) is 0 Å². The summed E-state index contributed by atoms with van der Waals surface area (Å²) >= 11 is 0. The van der Waals surface area contributed by atoms with Crippen LogP contribution in [-0.4, -0.2) is 70.6 Å². The van der Waals surface area contributed by atoms with Crippen molar-refractivity contribution in [2.75, 3.05) is 20.2 Å². The third-order valence-electron chi connectivity index (χ3n) is 4.99. The van der Waals surface area contributed by atoms with Crippen molar-refractivity contribution in [3.8, 4) is 0 Å². The lowest BCUT2D eigenvalue weighted by Gasteiger charge is -2.29. The van der Waals surface area contributed by atoms with E-state index < -0.39 is 42.6 Å². The molecule has 0 aliphatic carbocycles. The van der Waals surface area contributed by atoms with Crippen LogP contribution in [0.1, 0.15) is 24.0 Å². The topological polar surface area (TPSA) is 93.0 Å². The number of aryl methyl sites for hydroxylation is 1. The van der Waals surface area contributed by atoms with Gasteiger partial charge in [0.05, 0.1) is 30.4 Å². The number of nitrogens with one attached hydrogen (secondary N) is 1. The van der Waals surface area contributed by atoms with Crippen LogP contribution >= 0.6 is 0 Å². The number of alkyl halides is 3. The number of nitrogens with zero attached hydrogens (tertiary/aromatic N) is 1. The minimum Gasteiger partial charge on any atom is -0.395 e. The molecule has 27 heavy (non-hydrogen) atoms. The molecule has 1 amide bonds. The standard InChI is InChI=1S/C18H25F3N2O4/c1-22-15(25)9-13-16(26)17(27)14(10-24)23(13)7-3-5-11-4-2-6-12(8-11)18(19,20)21/h2,4,6,8,13-14,16-17,24,26-27H,3,5,7,9-10H2,1H3,(H,22,25)/t13-,14-,16+,17-/m1/s1. The predicted molar refractivity (Wildman–Crippen MR) is 91.8 cm³/mol. The molecule has 6 nitrogen and oxygen atoms in total. The normalized spacial score (nSPS) is 26.3. The molecule has 4 atom stereocenters. The maximum atomic E-state index is 12.8. The third-order valence-corrected chi connectivity index (χ3v) is 4.99. The lowest BCUT2D eigenvalue weighted by atomic mass is 10.0. The molecule has 0 unspecified atom stereocenters. The Kier molecular flexibility index (Phi) is 7.21. The van der Waals surface area contributed by atoms with Crippen LogP contribution in [0.25, 0.3) is 0 Å². The Hall–Kier alpha value is -1.68. The fourth-order valence-electron chi connectivity index (χ4n) is 3.54. The average molecular weight is 390 g/mol. The number of likely N-dealkylation sites (tertiary alicyclic amines) is 1. The molecule has 0 radical (unpaired) electrons. The van der Waals surface area contributed by atoms with Crippen LogP contribution in [0, 0.1) is 0 Å². The number of amides is 1. The Morgan fingerprint density at radius 3 is 2.48 bits per heavy atom. The number of aliphatic hydroxyl groups is 3. The van der Waals surface area contributed by atoms with Crippen LogP contribution in [-0.2, 0) is 17.4 Å². The van der Waals surface area contributed by atoms with E-state index in [-0.39, 0.29) is 12.3 Å². The number of hydrogen-bond donors (Lipinski definition) is 4. The van der Waals surface area contributed by atoms with E-state index in [1.165, 1.54) is 13.1 Å². The van der Waals surface area contributed by atoms with Gasteiger partial charge in [0.15, 0.2) is 0 Å². The van der Waals surface area contributed by atoms with E-state index in [1.807, 2.05) is 0 Å². The molecule has 0 aromatic heterocycles. The lowest BCUT2D eigenvalue weighted by Crippen LogP contribution is -2.44. The zero-order valence-electron chi connectivity index (χ0n) is 15.0. The van der Waals surface area contributed by atoms with Gasteiger partial charge in [-0.2, -0.15) is 13.2 Å². The van der Waals surface area contributed by atoms with E-state index in [1.54, 1.807) is 11.0 Å². The molecule has 0 saturated carbocycles. The molecule has 1 fully saturated rings.